The van der Waals surface area contributed by atoms with Crippen LogP contribution in [0.1, 0.15) is 164 Å². The van der Waals surface area contributed by atoms with Crippen molar-refractivity contribution in [3.63, 3.8) is 0 Å². The van der Waals surface area contributed by atoms with Crippen molar-refractivity contribution in [3.05, 3.63) is 12.2 Å². The maximum atomic E-state index is 12.2. The lowest BCUT2D eigenvalue weighted by Crippen LogP contribution is -2.19. The number of allylic oxidation sites excluding steroid dienone is 2. The minimum absolute atomic E-state index is 0.00300. The minimum atomic E-state index is 0.00300. The Morgan fingerprint density at radius 2 is 1.09 bits per heavy atom. The number of carbonyl (C=O) groups is 1. The Kier molecular flexibility index (Phi) is 24.3. The van der Waals surface area contributed by atoms with Gasteiger partial charge in [-0.15, -0.1) is 0 Å². The molecule has 0 aliphatic heterocycles. The maximum absolute atomic E-state index is 12.2. The van der Waals surface area contributed by atoms with E-state index in [0.29, 0.717) is 12.5 Å². The molecule has 0 aromatic carbocycles. The average molecular weight is 493 g/mol. The second-order valence-corrected chi connectivity index (χ2v) is 11.8. The number of unbranched alkanes of at least 4 members (excludes halogenated alkanes) is 12. The molecule has 0 bridgehead atoms. The van der Waals surface area contributed by atoms with Gasteiger partial charge in [-0.2, -0.15) is 0 Å². The molecule has 4 atom stereocenters. The Labute approximate surface area is 221 Å². The molecule has 0 aromatic rings. The molecule has 2 nitrogen and oxygen atoms in total. The Bertz CT molecular complexity index is 483. The largest absolute Gasteiger partial charge is 0.465 e. The van der Waals surface area contributed by atoms with Crippen LogP contribution in [0.25, 0.3) is 0 Å². The van der Waals surface area contributed by atoms with Gasteiger partial charge in [0, 0.05) is 0 Å². The van der Waals surface area contributed by atoms with E-state index < -0.39 is 0 Å². The Hall–Kier alpha value is -0.790. The molecule has 0 saturated heterocycles. The molecule has 0 fully saturated rings. The van der Waals surface area contributed by atoms with E-state index in [2.05, 4.69) is 46.8 Å². The van der Waals surface area contributed by atoms with Gasteiger partial charge in [0.2, 0.25) is 0 Å². The SMILES string of the molecule is CCCCCCC=CCCCCCCCCC(C)CC(C)CC(C)CC(C)C(=O)OCCCCC. The van der Waals surface area contributed by atoms with Gasteiger partial charge >= 0.3 is 5.97 Å². The van der Waals surface area contributed by atoms with E-state index in [1.165, 1.54) is 96.3 Å². The van der Waals surface area contributed by atoms with Crippen molar-refractivity contribution in [1.82, 2.24) is 0 Å². The molecule has 0 rings (SSSR count). The van der Waals surface area contributed by atoms with Crippen LogP contribution >= 0.6 is 0 Å². The monoisotopic (exact) mass is 492 g/mol. The van der Waals surface area contributed by atoms with Crippen LogP contribution in [-0.2, 0) is 9.53 Å². The van der Waals surface area contributed by atoms with Crippen LogP contribution in [0.4, 0.5) is 0 Å². The first kappa shape index (κ1) is 34.2. The highest BCUT2D eigenvalue weighted by molar-refractivity contribution is 5.71. The highest BCUT2D eigenvalue weighted by atomic mass is 16.5. The Morgan fingerprint density at radius 1 is 0.600 bits per heavy atom. The predicted octanol–water partition coefficient (Wildman–Crippen LogP) is 11.1. The first-order valence-electron chi connectivity index (χ1n) is 15.7. The summed E-state index contributed by atoms with van der Waals surface area (Å²) >= 11 is 0. The van der Waals surface area contributed by atoms with Crippen LogP contribution in [0, 0.1) is 23.7 Å². The number of rotatable bonds is 25. The van der Waals surface area contributed by atoms with Gasteiger partial charge < -0.3 is 4.74 Å². The molecular formula is C33H64O2. The molecule has 0 heterocycles. The minimum Gasteiger partial charge on any atom is -0.465 e. The highest BCUT2D eigenvalue weighted by Crippen LogP contribution is 2.26. The fourth-order valence-corrected chi connectivity index (χ4v) is 5.44. The van der Waals surface area contributed by atoms with Crippen LogP contribution in [0.3, 0.4) is 0 Å². The molecule has 35 heavy (non-hydrogen) atoms. The van der Waals surface area contributed by atoms with Crippen LogP contribution in [0.2, 0.25) is 0 Å². The number of carbonyl (C=O) groups excluding carboxylic acids is 1. The smallest absolute Gasteiger partial charge is 0.308 e. The number of hydrogen-bond donors (Lipinski definition) is 0. The van der Waals surface area contributed by atoms with E-state index in [0.717, 1.165) is 37.5 Å². The summed E-state index contributed by atoms with van der Waals surface area (Å²) in [4.78, 5) is 12.2. The van der Waals surface area contributed by atoms with Crippen molar-refractivity contribution in [2.75, 3.05) is 6.61 Å². The van der Waals surface area contributed by atoms with E-state index in [-0.39, 0.29) is 11.9 Å². The molecule has 0 saturated carbocycles. The molecular weight excluding hydrogens is 428 g/mol. The molecule has 208 valence electrons. The third kappa shape index (κ3) is 23.4. The van der Waals surface area contributed by atoms with Crippen LogP contribution in [-0.4, -0.2) is 12.6 Å². The summed E-state index contributed by atoms with van der Waals surface area (Å²) in [5, 5.41) is 0. The summed E-state index contributed by atoms with van der Waals surface area (Å²) < 4.78 is 5.45. The molecule has 2 heteroatoms. The summed E-state index contributed by atoms with van der Waals surface area (Å²) in [7, 11) is 0. The Balaban J connectivity index is 3.68. The normalized spacial score (nSPS) is 15.3. The first-order valence-corrected chi connectivity index (χ1v) is 15.7. The predicted molar refractivity (Wildman–Crippen MR) is 156 cm³/mol. The zero-order chi connectivity index (χ0) is 26.2. The van der Waals surface area contributed by atoms with Crippen molar-refractivity contribution in [2.45, 2.75) is 164 Å². The van der Waals surface area contributed by atoms with E-state index >= 15 is 0 Å². The topological polar surface area (TPSA) is 26.3 Å². The van der Waals surface area contributed by atoms with E-state index in [9.17, 15) is 4.79 Å². The fraction of sp³-hybridized carbons (Fsp3) is 0.909. The van der Waals surface area contributed by atoms with Crippen molar-refractivity contribution in [3.8, 4) is 0 Å². The lowest BCUT2D eigenvalue weighted by atomic mass is 9.84. The summed E-state index contributed by atoms with van der Waals surface area (Å²) in [6, 6.07) is 0. The van der Waals surface area contributed by atoms with Gasteiger partial charge in [-0.25, -0.2) is 0 Å². The van der Waals surface area contributed by atoms with Gasteiger partial charge in [-0.1, -0.05) is 124 Å². The van der Waals surface area contributed by atoms with Crippen molar-refractivity contribution >= 4 is 5.97 Å². The molecule has 0 N–H and O–H groups in total. The standard InChI is InChI=1S/C33H64O2/c1-7-9-11-12-13-14-15-16-17-18-19-20-21-22-24-29(3)26-30(4)27-31(5)28-32(6)33(34)35-25-23-10-8-2/h14-15,29-32H,7-13,16-28H2,1-6H3. The number of hydrogen-bond acceptors (Lipinski definition) is 2. The van der Waals surface area contributed by atoms with Gasteiger partial charge in [-0.3, -0.25) is 4.79 Å². The van der Waals surface area contributed by atoms with Gasteiger partial charge in [0.25, 0.3) is 0 Å². The third-order valence-corrected chi connectivity index (χ3v) is 7.47. The lowest BCUT2D eigenvalue weighted by Gasteiger charge is -2.22. The summed E-state index contributed by atoms with van der Waals surface area (Å²) in [5.74, 6) is 2.19. The second kappa shape index (κ2) is 24.9. The zero-order valence-electron chi connectivity index (χ0n) is 24.9. The molecule has 0 aromatic heterocycles. The number of esters is 1. The molecule has 0 amide bonds. The fourth-order valence-electron chi connectivity index (χ4n) is 5.44. The Morgan fingerprint density at radius 3 is 1.71 bits per heavy atom. The molecule has 0 aliphatic carbocycles. The summed E-state index contributed by atoms with van der Waals surface area (Å²) in [6.45, 7) is 14.2. The molecule has 0 aliphatic rings. The van der Waals surface area contributed by atoms with E-state index in [1.54, 1.807) is 0 Å². The lowest BCUT2D eigenvalue weighted by molar-refractivity contribution is -0.148. The zero-order valence-corrected chi connectivity index (χ0v) is 24.9. The van der Waals surface area contributed by atoms with Crippen molar-refractivity contribution < 1.29 is 9.53 Å². The van der Waals surface area contributed by atoms with E-state index in [1.807, 2.05) is 6.92 Å². The molecule has 0 spiro atoms. The highest BCUT2D eigenvalue weighted by Gasteiger charge is 2.20. The van der Waals surface area contributed by atoms with Gasteiger partial charge in [0.15, 0.2) is 0 Å². The van der Waals surface area contributed by atoms with Crippen LogP contribution in [0.5, 0.6) is 0 Å². The van der Waals surface area contributed by atoms with Gasteiger partial charge in [-0.05, 0) is 69.1 Å². The molecule has 0 radical (unpaired) electrons. The summed E-state index contributed by atoms with van der Waals surface area (Å²) in [5.41, 5.74) is 0. The number of ether oxygens (including phenoxy) is 1. The summed E-state index contributed by atoms with van der Waals surface area (Å²) in [6.07, 6.45) is 29.4. The first-order chi connectivity index (χ1) is 16.9. The second-order valence-electron chi connectivity index (χ2n) is 11.8. The van der Waals surface area contributed by atoms with Crippen LogP contribution < -0.4 is 0 Å². The average Bonchev–Trinajstić information content (AvgIpc) is 2.81. The quantitative estimate of drug-likeness (QED) is 0.0719. The van der Waals surface area contributed by atoms with Crippen molar-refractivity contribution in [2.24, 2.45) is 23.7 Å². The van der Waals surface area contributed by atoms with Gasteiger partial charge in [0.1, 0.15) is 0 Å². The van der Waals surface area contributed by atoms with Gasteiger partial charge in [0.05, 0.1) is 12.5 Å². The van der Waals surface area contributed by atoms with E-state index in [4.69, 9.17) is 4.74 Å². The van der Waals surface area contributed by atoms with Crippen LogP contribution in [0.15, 0.2) is 12.2 Å². The molecule has 4 unspecified atom stereocenters. The third-order valence-electron chi connectivity index (χ3n) is 7.47. The maximum Gasteiger partial charge on any atom is 0.308 e. The van der Waals surface area contributed by atoms with Crippen molar-refractivity contribution in [1.29, 1.82) is 0 Å².